The van der Waals surface area contributed by atoms with Crippen LogP contribution >= 0.6 is 0 Å². The van der Waals surface area contributed by atoms with Crippen LogP contribution in [0, 0.1) is 45.8 Å². The maximum atomic E-state index is 13.9. The standard InChI is InChI=1S/C29H44O9/c1-14(2)20-10-17-11-28(25-35-8-9-36-25)19-7-6-15(3)18(19)12-27(17,29(20,28)24(32)33)13-37-23-21(30)22(31)26(5,34)16(4)38-23/h10,14-19,21-23,25,30-31,34H,6-9,11-13H2,1-5H3,(H,32,33)/t15?,16-,17?,18?,19?,21+,22+,23-,26-,27?,28?,29?/m1/s1. The Bertz CT molecular complexity index is 1000. The number of hydrogen-bond donors (Lipinski definition) is 4. The molecule has 12 atom stereocenters. The quantitative estimate of drug-likeness (QED) is 0.377. The second-order valence-electron chi connectivity index (χ2n) is 13.6. The van der Waals surface area contributed by atoms with Gasteiger partial charge in [0.1, 0.15) is 23.2 Å². The SMILES string of the molecule is CC(C)C1=CC2CC3(C4OCCO4)C4CCC(C)C4CC2(CO[C@@H]2O[C@H](C)[C@@](C)(O)[C@@H](O)[C@@H]2O)C13C(=O)O. The molecule has 214 valence electrons. The number of aliphatic carboxylic acids is 1. The van der Waals surface area contributed by atoms with E-state index in [9.17, 15) is 25.2 Å². The minimum Gasteiger partial charge on any atom is -0.481 e. The molecule has 2 heterocycles. The molecule has 9 heteroatoms. The molecular formula is C29H44O9. The summed E-state index contributed by atoms with van der Waals surface area (Å²) in [4.78, 5) is 13.9. The van der Waals surface area contributed by atoms with Crippen LogP contribution in [0.2, 0.25) is 0 Å². The van der Waals surface area contributed by atoms with Crippen LogP contribution in [0.25, 0.3) is 0 Å². The van der Waals surface area contributed by atoms with Crippen LogP contribution in [0.15, 0.2) is 11.6 Å². The lowest BCUT2D eigenvalue weighted by atomic mass is 9.42. The highest BCUT2D eigenvalue weighted by atomic mass is 16.7. The van der Waals surface area contributed by atoms with Crippen molar-refractivity contribution >= 4 is 5.97 Å². The van der Waals surface area contributed by atoms with Gasteiger partial charge < -0.3 is 39.4 Å². The summed E-state index contributed by atoms with van der Waals surface area (Å²) in [6.07, 6.45) is 0.0855. The number of aliphatic hydroxyl groups excluding tert-OH is 2. The van der Waals surface area contributed by atoms with Gasteiger partial charge >= 0.3 is 5.97 Å². The van der Waals surface area contributed by atoms with Crippen LogP contribution in [0.3, 0.4) is 0 Å². The summed E-state index contributed by atoms with van der Waals surface area (Å²) >= 11 is 0. The molecule has 4 N–H and O–H groups in total. The lowest BCUT2D eigenvalue weighted by Crippen LogP contribution is -2.67. The minimum absolute atomic E-state index is 0.0143. The van der Waals surface area contributed by atoms with Crippen LogP contribution in [0.4, 0.5) is 0 Å². The van der Waals surface area contributed by atoms with Crippen LogP contribution in [0.5, 0.6) is 0 Å². The molecule has 2 saturated heterocycles. The number of carboxylic acids is 1. The van der Waals surface area contributed by atoms with E-state index in [-0.39, 0.29) is 24.4 Å². The van der Waals surface area contributed by atoms with E-state index in [2.05, 4.69) is 26.8 Å². The fourth-order valence-electron chi connectivity index (χ4n) is 10.0. The average molecular weight is 537 g/mol. The topological polar surface area (TPSA) is 135 Å². The van der Waals surface area contributed by atoms with Gasteiger partial charge in [0, 0.05) is 10.8 Å². The van der Waals surface area contributed by atoms with Gasteiger partial charge in [-0.3, -0.25) is 4.79 Å². The number of fused-ring (bicyclic) bond motifs is 2. The first kappa shape index (κ1) is 27.1. The van der Waals surface area contributed by atoms with Gasteiger partial charge in [0.05, 0.1) is 25.9 Å². The number of ether oxygens (including phenoxy) is 4. The monoisotopic (exact) mass is 536 g/mol. The van der Waals surface area contributed by atoms with E-state index in [4.69, 9.17) is 18.9 Å². The zero-order valence-corrected chi connectivity index (χ0v) is 23.1. The fourth-order valence-corrected chi connectivity index (χ4v) is 10.0. The Hall–Kier alpha value is -1.07. The molecule has 9 nitrogen and oxygen atoms in total. The summed E-state index contributed by atoms with van der Waals surface area (Å²) in [5, 5.41) is 43.4. The second-order valence-corrected chi connectivity index (χ2v) is 13.6. The molecule has 0 spiro atoms. The van der Waals surface area contributed by atoms with E-state index in [1.807, 2.05) is 0 Å². The molecule has 0 radical (unpaired) electrons. The summed E-state index contributed by atoms with van der Waals surface area (Å²) < 4.78 is 24.7. The highest BCUT2D eigenvalue weighted by molar-refractivity contribution is 5.85. The molecule has 38 heavy (non-hydrogen) atoms. The van der Waals surface area contributed by atoms with Crippen LogP contribution < -0.4 is 0 Å². The van der Waals surface area contributed by atoms with Crippen LogP contribution in [0.1, 0.15) is 60.3 Å². The van der Waals surface area contributed by atoms with Crippen molar-refractivity contribution in [2.75, 3.05) is 19.8 Å². The maximum Gasteiger partial charge on any atom is 0.315 e. The van der Waals surface area contributed by atoms with Crippen LogP contribution in [-0.2, 0) is 23.7 Å². The molecule has 0 aromatic carbocycles. The third-order valence-corrected chi connectivity index (χ3v) is 11.8. The fraction of sp³-hybridized carbons (Fsp3) is 0.897. The number of allylic oxidation sites excluding steroid dienone is 1. The lowest BCUT2D eigenvalue weighted by molar-refractivity contribution is -0.329. The number of rotatable bonds is 6. The average Bonchev–Trinajstić information content (AvgIpc) is 3.62. The Morgan fingerprint density at radius 2 is 1.84 bits per heavy atom. The lowest BCUT2D eigenvalue weighted by Gasteiger charge is -2.61. The Labute approximate surface area is 224 Å². The summed E-state index contributed by atoms with van der Waals surface area (Å²) in [7, 11) is 0. The van der Waals surface area contributed by atoms with E-state index in [0.29, 0.717) is 37.9 Å². The summed E-state index contributed by atoms with van der Waals surface area (Å²) in [6, 6.07) is 0. The molecule has 0 amide bonds. The van der Waals surface area contributed by atoms with Gasteiger partial charge in [-0.05, 0) is 62.7 Å². The van der Waals surface area contributed by atoms with Crippen molar-refractivity contribution in [3.63, 3.8) is 0 Å². The molecule has 6 aliphatic rings. The Morgan fingerprint density at radius 1 is 1.16 bits per heavy atom. The highest BCUT2D eigenvalue weighted by Gasteiger charge is 2.86. The molecule has 0 aromatic rings. The number of carboxylic acid groups (broad SMARTS) is 1. The number of hydrogen-bond acceptors (Lipinski definition) is 8. The molecule has 4 bridgehead atoms. The Balaban J connectivity index is 1.46. The molecule has 7 unspecified atom stereocenters. The third-order valence-electron chi connectivity index (χ3n) is 11.8. The van der Waals surface area contributed by atoms with E-state index >= 15 is 0 Å². The van der Waals surface area contributed by atoms with E-state index in [0.717, 1.165) is 18.4 Å². The van der Waals surface area contributed by atoms with Gasteiger partial charge in [-0.1, -0.05) is 38.8 Å². The van der Waals surface area contributed by atoms with Gasteiger partial charge in [-0.25, -0.2) is 0 Å². The second kappa shape index (κ2) is 8.71. The molecular weight excluding hydrogens is 492 g/mol. The smallest absolute Gasteiger partial charge is 0.315 e. The van der Waals surface area contributed by atoms with Gasteiger partial charge in [-0.15, -0.1) is 0 Å². The van der Waals surface area contributed by atoms with E-state index in [1.54, 1.807) is 6.92 Å². The summed E-state index contributed by atoms with van der Waals surface area (Å²) in [6.45, 7) is 10.4. The van der Waals surface area contributed by atoms with Crippen LogP contribution in [-0.4, -0.2) is 82.7 Å². The van der Waals surface area contributed by atoms with Crippen molar-refractivity contribution in [2.24, 2.45) is 45.8 Å². The molecule has 4 aliphatic carbocycles. The first-order chi connectivity index (χ1) is 17.9. The first-order valence-electron chi connectivity index (χ1n) is 14.4. The molecule has 3 saturated carbocycles. The number of carbonyl (C=O) groups is 1. The van der Waals surface area contributed by atoms with Crippen molar-refractivity contribution in [1.82, 2.24) is 0 Å². The van der Waals surface area contributed by atoms with Crippen molar-refractivity contribution in [1.29, 1.82) is 0 Å². The Morgan fingerprint density at radius 3 is 2.47 bits per heavy atom. The molecule has 0 aromatic heterocycles. The predicted molar refractivity (Wildman–Crippen MR) is 135 cm³/mol. The zero-order valence-electron chi connectivity index (χ0n) is 23.1. The maximum absolute atomic E-state index is 13.9. The highest BCUT2D eigenvalue weighted by Crippen LogP contribution is 2.84. The van der Waals surface area contributed by atoms with Crippen molar-refractivity contribution < 1.29 is 44.2 Å². The van der Waals surface area contributed by atoms with Gasteiger partial charge in [0.25, 0.3) is 0 Å². The minimum atomic E-state index is -1.64. The normalized spacial score (nSPS) is 54.0. The third kappa shape index (κ3) is 3.04. The summed E-state index contributed by atoms with van der Waals surface area (Å²) in [5.74, 6) is 0.0458. The van der Waals surface area contributed by atoms with Gasteiger partial charge in [0.2, 0.25) is 0 Å². The molecule has 2 aliphatic heterocycles. The van der Waals surface area contributed by atoms with E-state index < -0.39 is 58.7 Å². The van der Waals surface area contributed by atoms with E-state index in [1.165, 1.54) is 6.92 Å². The van der Waals surface area contributed by atoms with Gasteiger partial charge in [-0.2, -0.15) is 0 Å². The van der Waals surface area contributed by atoms with Crippen molar-refractivity contribution in [3.8, 4) is 0 Å². The van der Waals surface area contributed by atoms with Crippen molar-refractivity contribution in [3.05, 3.63) is 11.6 Å². The largest absolute Gasteiger partial charge is 0.481 e. The van der Waals surface area contributed by atoms with Crippen molar-refractivity contribution in [2.45, 2.75) is 96.8 Å². The zero-order chi connectivity index (χ0) is 27.4. The van der Waals surface area contributed by atoms with Gasteiger partial charge in [0.15, 0.2) is 12.6 Å². The summed E-state index contributed by atoms with van der Waals surface area (Å²) in [5.41, 5.74) is -3.43. The predicted octanol–water partition coefficient (Wildman–Crippen LogP) is 2.32. The Kier molecular flexibility index (Phi) is 6.22. The molecule has 5 fully saturated rings. The molecule has 6 rings (SSSR count). The first-order valence-corrected chi connectivity index (χ1v) is 14.4. The number of aliphatic hydroxyl groups is 3.